The molecule has 0 saturated carbocycles. The van der Waals surface area contributed by atoms with Gasteiger partial charge in [-0.25, -0.2) is 4.79 Å². The van der Waals surface area contributed by atoms with Crippen LogP contribution in [0.4, 0.5) is 0 Å². The molecule has 19 heavy (non-hydrogen) atoms. The highest BCUT2D eigenvalue weighted by atomic mass is 79.9. The Kier molecular flexibility index (Phi) is 5.98. The van der Waals surface area contributed by atoms with Crippen LogP contribution >= 0.6 is 15.9 Å². The number of halogens is 1. The van der Waals surface area contributed by atoms with Crippen LogP contribution in [0.25, 0.3) is 0 Å². The summed E-state index contributed by atoms with van der Waals surface area (Å²) in [6, 6.07) is 4.57. The highest BCUT2D eigenvalue weighted by Gasteiger charge is 2.19. The van der Waals surface area contributed by atoms with Gasteiger partial charge in [-0.05, 0) is 30.2 Å². The van der Waals surface area contributed by atoms with Gasteiger partial charge in [-0.3, -0.25) is 4.79 Å². The molecule has 1 atom stereocenters. The zero-order valence-corrected chi connectivity index (χ0v) is 12.4. The van der Waals surface area contributed by atoms with Crippen LogP contribution in [0.1, 0.15) is 11.1 Å². The van der Waals surface area contributed by atoms with Crippen LogP contribution < -0.4 is 5.32 Å². The van der Waals surface area contributed by atoms with Crippen molar-refractivity contribution < 1.29 is 19.4 Å². The zero-order chi connectivity index (χ0) is 14.4. The van der Waals surface area contributed by atoms with Crippen molar-refractivity contribution in [3.8, 4) is 0 Å². The number of methoxy groups -OCH3 is 1. The predicted molar refractivity (Wildman–Crippen MR) is 74.0 cm³/mol. The summed E-state index contributed by atoms with van der Waals surface area (Å²) >= 11 is 3.35. The lowest BCUT2D eigenvalue weighted by Crippen LogP contribution is -2.44. The van der Waals surface area contributed by atoms with Crippen molar-refractivity contribution in [2.45, 2.75) is 19.4 Å². The van der Waals surface area contributed by atoms with E-state index in [-0.39, 0.29) is 18.9 Å². The minimum atomic E-state index is -1.11. The van der Waals surface area contributed by atoms with E-state index in [0.29, 0.717) is 0 Å². The van der Waals surface area contributed by atoms with Gasteiger partial charge in [-0.1, -0.05) is 22.0 Å². The molecule has 0 spiro atoms. The number of ether oxygens (including phenoxy) is 1. The van der Waals surface area contributed by atoms with Crippen LogP contribution in [0.5, 0.6) is 0 Å². The number of nitrogens with one attached hydrogen (secondary N) is 1. The summed E-state index contributed by atoms with van der Waals surface area (Å²) in [6.45, 7) is 1.84. The van der Waals surface area contributed by atoms with E-state index < -0.39 is 12.0 Å². The number of carboxylic acid groups (broad SMARTS) is 1. The second-order valence-electron chi connectivity index (χ2n) is 4.16. The molecule has 5 nitrogen and oxygen atoms in total. The Balaban J connectivity index is 2.66. The van der Waals surface area contributed by atoms with Gasteiger partial charge in [0.05, 0.1) is 13.0 Å². The Morgan fingerprint density at radius 3 is 2.68 bits per heavy atom. The number of carbonyl (C=O) groups is 2. The van der Waals surface area contributed by atoms with Gasteiger partial charge in [0.15, 0.2) is 6.04 Å². The summed E-state index contributed by atoms with van der Waals surface area (Å²) < 4.78 is 5.70. The Morgan fingerprint density at radius 1 is 1.47 bits per heavy atom. The van der Waals surface area contributed by atoms with E-state index in [0.717, 1.165) is 15.6 Å². The molecule has 1 aromatic carbocycles. The van der Waals surface area contributed by atoms with E-state index in [1.807, 2.05) is 25.1 Å². The average Bonchev–Trinajstić information content (AvgIpc) is 2.32. The fraction of sp³-hybridized carbons (Fsp3) is 0.385. The Hall–Kier alpha value is -1.40. The molecule has 0 bridgehead atoms. The number of hydrogen-bond acceptors (Lipinski definition) is 3. The largest absolute Gasteiger partial charge is 0.480 e. The molecule has 104 valence electrons. The number of hydrogen-bond donors (Lipinski definition) is 2. The first-order chi connectivity index (χ1) is 8.93. The average molecular weight is 330 g/mol. The Labute approximate surface area is 120 Å². The van der Waals surface area contributed by atoms with E-state index in [2.05, 4.69) is 21.2 Å². The number of aliphatic carboxylic acids is 1. The van der Waals surface area contributed by atoms with Crippen molar-refractivity contribution in [3.05, 3.63) is 33.8 Å². The minimum Gasteiger partial charge on any atom is -0.480 e. The van der Waals surface area contributed by atoms with Gasteiger partial charge in [-0.15, -0.1) is 0 Å². The lowest BCUT2D eigenvalue weighted by molar-refractivity contribution is -0.143. The van der Waals surface area contributed by atoms with Crippen LogP contribution in [-0.4, -0.2) is 36.7 Å². The fourth-order valence-corrected chi connectivity index (χ4v) is 2.09. The number of aryl methyl sites for hydroxylation is 1. The number of carbonyl (C=O) groups excluding carboxylic acids is 1. The number of carboxylic acids is 1. The normalized spacial score (nSPS) is 11.9. The quantitative estimate of drug-likeness (QED) is 0.829. The molecule has 1 rings (SSSR count). The van der Waals surface area contributed by atoms with Gasteiger partial charge in [0.1, 0.15) is 0 Å². The molecule has 0 heterocycles. The van der Waals surface area contributed by atoms with Crippen molar-refractivity contribution in [1.29, 1.82) is 0 Å². The molecule has 0 aromatic heterocycles. The molecule has 0 saturated heterocycles. The number of benzene rings is 1. The molecule has 1 unspecified atom stereocenters. The van der Waals surface area contributed by atoms with Crippen molar-refractivity contribution in [2.75, 3.05) is 13.7 Å². The minimum absolute atomic E-state index is 0.0552. The monoisotopic (exact) mass is 329 g/mol. The Bertz CT molecular complexity index is 476. The van der Waals surface area contributed by atoms with E-state index in [4.69, 9.17) is 9.84 Å². The third-order valence-electron chi connectivity index (χ3n) is 2.62. The highest BCUT2D eigenvalue weighted by Crippen LogP contribution is 2.16. The molecule has 0 radical (unpaired) electrons. The van der Waals surface area contributed by atoms with Crippen molar-refractivity contribution >= 4 is 27.8 Å². The molecule has 0 aliphatic heterocycles. The Morgan fingerprint density at radius 2 is 2.16 bits per heavy atom. The summed E-state index contributed by atoms with van der Waals surface area (Å²) in [5, 5.41) is 11.3. The molecule has 6 heteroatoms. The number of amides is 1. The van der Waals surface area contributed by atoms with Gasteiger partial charge < -0.3 is 15.2 Å². The zero-order valence-electron chi connectivity index (χ0n) is 10.8. The lowest BCUT2D eigenvalue weighted by Gasteiger charge is -2.14. The smallest absolute Gasteiger partial charge is 0.328 e. The summed E-state index contributed by atoms with van der Waals surface area (Å²) in [4.78, 5) is 22.7. The third-order valence-corrected chi connectivity index (χ3v) is 3.12. The van der Waals surface area contributed by atoms with Crippen LogP contribution in [0.3, 0.4) is 0 Å². The summed E-state index contributed by atoms with van der Waals surface area (Å²) in [7, 11) is 1.39. The lowest BCUT2D eigenvalue weighted by atomic mass is 10.1. The van der Waals surface area contributed by atoms with Crippen molar-refractivity contribution in [2.24, 2.45) is 0 Å². The molecule has 2 N–H and O–H groups in total. The van der Waals surface area contributed by atoms with Gasteiger partial charge >= 0.3 is 5.97 Å². The van der Waals surface area contributed by atoms with E-state index >= 15 is 0 Å². The topological polar surface area (TPSA) is 75.6 Å². The molecule has 1 amide bonds. The first-order valence-electron chi connectivity index (χ1n) is 5.70. The molecule has 1 aromatic rings. The van der Waals surface area contributed by atoms with E-state index in [1.165, 1.54) is 7.11 Å². The van der Waals surface area contributed by atoms with Crippen molar-refractivity contribution in [3.63, 3.8) is 0 Å². The predicted octanol–water partition coefficient (Wildman–Crippen LogP) is 1.52. The standard InChI is InChI=1S/C13H16BrNO4/c1-8-5-10(14)4-3-9(8)6-12(16)15-11(7-19-2)13(17)18/h3-5,11H,6-7H2,1-2H3,(H,15,16)(H,17,18). The third kappa shape index (κ3) is 5.00. The molecular formula is C13H16BrNO4. The van der Waals surface area contributed by atoms with Crippen LogP contribution in [0.2, 0.25) is 0 Å². The van der Waals surface area contributed by atoms with E-state index in [9.17, 15) is 9.59 Å². The van der Waals surface area contributed by atoms with Crippen LogP contribution in [0.15, 0.2) is 22.7 Å². The second kappa shape index (κ2) is 7.25. The van der Waals surface area contributed by atoms with Gasteiger partial charge in [0.25, 0.3) is 0 Å². The number of rotatable bonds is 6. The van der Waals surface area contributed by atoms with E-state index in [1.54, 1.807) is 0 Å². The van der Waals surface area contributed by atoms with Crippen LogP contribution in [0, 0.1) is 6.92 Å². The summed E-state index contributed by atoms with van der Waals surface area (Å²) in [5.41, 5.74) is 1.84. The van der Waals surface area contributed by atoms with Gasteiger partial charge in [0.2, 0.25) is 5.91 Å². The molecular weight excluding hydrogens is 314 g/mol. The maximum atomic E-state index is 11.8. The maximum absolute atomic E-state index is 11.8. The SMILES string of the molecule is COCC(NC(=O)Cc1ccc(Br)cc1C)C(=O)O. The first-order valence-corrected chi connectivity index (χ1v) is 6.49. The first kappa shape index (κ1) is 15.7. The maximum Gasteiger partial charge on any atom is 0.328 e. The summed E-state index contributed by atoms with van der Waals surface area (Å²) in [6.07, 6.45) is 0.145. The second-order valence-corrected chi connectivity index (χ2v) is 5.08. The summed E-state index contributed by atoms with van der Waals surface area (Å²) in [5.74, 6) is -1.45. The van der Waals surface area contributed by atoms with Crippen LogP contribution in [-0.2, 0) is 20.7 Å². The van der Waals surface area contributed by atoms with Crippen molar-refractivity contribution in [1.82, 2.24) is 5.32 Å². The highest BCUT2D eigenvalue weighted by molar-refractivity contribution is 9.10. The van der Waals surface area contributed by atoms with Gasteiger partial charge in [0, 0.05) is 11.6 Å². The van der Waals surface area contributed by atoms with Gasteiger partial charge in [-0.2, -0.15) is 0 Å². The molecule has 0 fully saturated rings. The fourth-order valence-electron chi connectivity index (χ4n) is 1.62. The molecule has 0 aliphatic rings. The molecule has 0 aliphatic carbocycles.